The zero-order chi connectivity index (χ0) is 13.1. The number of aromatic nitrogens is 1. The van der Waals surface area contributed by atoms with Crippen molar-refractivity contribution in [2.24, 2.45) is 0 Å². The first-order valence-electron chi connectivity index (χ1n) is 6.02. The minimum absolute atomic E-state index is 0.189. The maximum absolute atomic E-state index is 10.5. The number of carboxylic acids is 1. The van der Waals surface area contributed by atoms with Gasteiger partial charge in [0.1, 0.15) is 5.76 Å². The van der Waals surface area contributed by atoms with E-state index in [9.17, 15) is 4.79 Å². The lowest BCUT2D eigenvalue weighted by molar-refractivity contribution is -0.137. The van der Waals surface area contributed by atoms with Crippen molar-refractivity contribution in [2.45, 2.75) is 33.2 Å². The molecule has 0 aliphatic rings. The molecule has 4 nitrogen and oxygen atoms in total. The Morgan fingerprint density at radius 3 is 2.67 bits per heavy atom. The maximum Gasteiger partial charge on any atom is 0.303 e. The van der Waals surface area contributed by atoms with Crippen molar-refractivity contribution in [3.63, 3.8) is 0 Å². The van der Waals surface area contributed by atoms with Crippen LogP contribution in [0.4, 0.5) is 0 Å². The average Bonchev–Trinajstić information content (AvgIpc) is 2.86. The number of aliphatic carboxylic acids is 1. The van der Waals surface area contributed by atoms with E-state index in [1.807, 2.05) is 38.1 Å². The molecular formula is C14H17NO3. The zero-order valence-corrected chi connectivity index (χ0v) is 10.6. The van der Waals surface area contributed by atoms with Crippen LogP contribution in [0, 0.1) is 13.8 Å². The molecule has 18 heavy (non-hydrogen) atoms. The van der Waals surface area contributed by atoms with Crippen molar-refractivity contribution in [3.8, 4) is 11.5 Å². The summed E-state index contributed by atoms with van der Waals surface area (Å²) in [4.78, 5) is 10.5. The number of nitrogens with zero attached hydrogens (tertiary/aromatic N) is 1. The SMILES string of the molecule is Cc1ccc(-c2ccc(C)n2CCCC(=O)O)o1. The van der Waals surface area contributed by atoms with Gasteiger partial charge >= 0.3 is 5.97 Å². The van der Waals surface area contributed by atoms with Gasteiger partial charge in [0.15, 0.2) is 5.76 Å². The monoisotopic (exact) mass is 247 g/mol. The molecule has 2 aromatic heterocycles. The predicted octanol–water partition coefficient (Wildman–Crippen LogP) is 3.23. The van der Waals surface area contributed by atoms with Crippen molar-refractivity contribution < 1.29 is 14.3 Å². The van der Waals surface area contributed by atoms with E-state index >= 15 is 0 Å². The minimum Gasteiger partial charge on any atom is -0.481 e. The fourth-order valence-corrected chi connectivity index (χ4v) is 2.04. The third-order valence-corrected chi connectivity index (χ3v) is 2.96. The quantitative estimate of drug-likeness (QED) is 0.882. The molecule has 0 aliphatic heterocycles. The standard InChI is InChI=1S/C14H17NO3/c1-10-5-7-12(13-8-6-11(2)18-13)15(10)9-3-4-14(16)17/h5-8H,3-4,9H2,1-2H3,(H,16,17). The number of rotatable bonds is 5. The first-order chi connectivity index (χ1) is 8.58. The van der Waals surface area contributed by atoms with Gasteiger partial charge in [0.2, 0.25) is 0 Å². The molecule has 0 saturated carbocycles. The average molecular weight is 247 g/mol. The van der Waals surface area contributed by atoms with Crippen molar-refractivity contribution >= 4 is 5.97 Å². The van der Waals surface area contributed by atoms with Crippen molar-refractivity contribution in [2.75, 3.05) is 0 Å². The van der Waals surface area contributed by atoms with E-state index in [2.05, 4.69) is 4.57 Å². The zero-order valence-electron chi connectivity index (χ0n) is 10.6. The van der Waals surface area contributed by atoms with E-state index < -0.39 is 5.97 Å². The number of carboxylic acid groups (broad SMARTS) is 1. The fraction of sp³-hybridized carbons (Fsp3) is 0.357. The normalized spacial score (nSPS) is 10.8. The highest BCUT2D eigenvalue weighted by atomic mass is 16.4. The van der Waals surface area contributed by atoms with Crippen LogP contribution in [0.1, 0.15) is 24.3 Å². The number of carbonyl (C=O) groups is 1. The molecule has 0 fully saturated rings. The second-order valence-corrected chi connectivity index (χ2v) is 4.42. The third kappa shape index (κ3) is 2.64. The number of hydrogen-bond acceptors (Lipinski definition) is 2. The molecular weight excluding hydrogens is 230 g/mol. The Balaban J connectivity index is 2.19. The molecule has 0 saturated heterocycles. The molecule has 0 aromatic carbocycles. The van der Waals surface area contributed by atoms with Gasteiger partial charge in [0, 0.05) is 18.7 Å². The molecule has 0 aliphatic carbocycles. The largest absolute Gasteiger partial charge is 0.481 e. The van der Waals surface area contributed by atoms with Gasteiger partial charge < -0.3 is 14.1 Å². The Hall–Kier alpha value is -1.97. The van der Waals surface area contributed by atoms with E-state index in [4.69, 9.17) is 9.52 Å². The van der Waals surface area contributed by atoms with Crippen LogP contribution in [0.3, 0.4) is 0 Å². The highest BCUT2D eigenvalue weighted by Crippen LogP contribution is 2.25. The van der Waals surface area contributed by atoms with Crippen LogP contribution in [-0.2, 0) is 11.3 Å². The Morgan fingerprint density at radius 1 is 1.28 bits per heavy atom. The lowest BCUT2D eigenvalue weighted by Crippen LogP contribution is -2.04. The second kappa shape index (κ2) is 5.12. The van der Waals surface area contributed by atoms with Crippen LogP contribution in [0.15, 0.2) is 28.7 Å². The number of hydrogen-bond donors (Lipinski definition) is 1. The van der Waals surface area contributed by atoms with Crippen molar-refractivity contribution in [1.29, 1.82) is 0 Å². The Morgan fingerprint density at radius 2 is 2.06 bits per heavy atom. The molecule has 0 atom stereocenters. The molecule has 2 heterocycles. The molecule has 2 rings (SSSR count). The van der Waals surface area contributed by atoms with Crippen molar-refractivity contribution in [3.05, 3.63) is 35.7 Å². The van der Waals surface area contributed by atoms with Crippen LogP contribution in [-0.4, -0.2) is 15.6 Å². The summed E-state index contributed by atoms with van der Waals surface area (Å²) < 4.78 is 7.71. The molecule has 0 bridgehead atoms. The summed E-state index contributed by atoms with van der Waals surface area (Å²) in [6.45, 7) is 4.62. The topological polar surface area (TPSA) is 55.4 Å². The smallest absolute Gasteiger partial charge is 0.303 e. The van der Waals surface area contributed by atoms with Gasteiger partial charge in [0.05, 0.1) is 5.69 Å². The lowest BCUT2D eigenvalue weighted by Gasteiger charge is -2.09. The molecule has 0 unspecified atom stereocenters. The van der Waals surface area contributed by atoms with Gasteiger partial charge in [-0.3, -0.25) is 4.79 Å². The van der Waals surface area contributed by atoms with Crippen LogP contribution in [0.2, 0.25) is 0 Å². The third-order valence-electron chi connectivity index (χ3n) is 2.96. The van der Waals surface area contributed by atoms with Gasteiger partial charge in [-0.2, -0.15) is 0 Å². The van der Waals surface area contributed by atoms with Gasteiger partial charge in [-0.05, 0) is 44.5 Å². The molecule has 0 amide bonds. The first-order valence-corrected chi connectivity index (χ1v) is 6.02. The number of aryl methyl sites for hydroxylation is 2. The second-order valence-electron chi connectivity index (χ2n) is 4.42. The van der Waals surface area contributed by atoms with Crippen molar-refractivity contribution in [1.82, 2.24) is 4.57 Å². The van der Waals surface area contributed by atoms with Gasteiger partial charge in [-0.25, -0.2) is 0 Å². The van der Waals surface area contributed by atoms with E-state index in [1.165, 1.54) is 0 Å². The Bertz CT molecular complexity index is 551. The summed E-state index contributed by atoms with van der Waals surface area (Å²) in [7, 11) is 0. The van der Waals surface area contributed by atoms with E-state index in [-0.39, 0.29) is 6.42 Å². The summed E-state index contributed by atoms with van der Waals surface area (Å²) in [5.74, 6) is 0.951. The summed E-state index contributed by atoms with van der Waals surface area (Å²) in [5.41, 5.74) is 2.12. The molecule has 96 valence electrons. The number of furan rings is 1. The van der Waals surface area contributed by atoms with E-state index in [1.54, 1.807) is 0 Å². The summed E-state index contributed by atoms with van der Waals surface area (Å²) in [5, 5.41) is 8.67. The molecule has 0 spiro atoms. The van der Waals surface area contributed by atoms with Crippen LogP contribution >= 0.6 is 0 Å². The highest BCUT2D eigenvalue weighted by Gasteiger charge is 2.10. The minimum atomic E-state index is -0.754. The molecule has 2 aromatic rings. The summed E-state index contributed by atoms with van der Waals surface area (Å²) in [6, 6.07) is 7.90. The van der Waals surface area contributed by atoms with Gasteiger partial charge in [0.25, 0.3) is 0 Å². The molecule has 0 radical (unpaired) electrons. The van der Waals surface area contributed by atoms with E-state index in [0.29, 0.717) is 13.0 Å². The molecule has 1 N–H and O–H groups in total. The Labute approximate surface area is 106 Å². The fourth-order valence-electron chi connectivity index (χ4n) is 2.04. The maximum atomic E-state index is 10.5. The predicted molar refractivity (Wildman–Crippen MR) is 68.5 cm³/mol. The van der Waals surface area contributed by atoms with Crippen LogP contribution in [0.25, 0.3) is 11.5 Å². The van der Waals surface area contributed by atoms with Crippen LogP contribution in [0.5, 0.6) is 0 Å². The van der Waals surface area contributed by atoms with Gasteiger partial charge in [-0.15, -0.1) is 0 Å². The Kier molecular flexibility index (Phi) is 3.55. The van der Waals surface area contributed by atoms with Crippen LogP contribution < -0.4 is 0 Å². The summed E-state index contributed by atoms with van der Waals surface area (Å²) in [6.07, 6.45) is 0.811. The highest BCUT2D eigenvalue weighted by molar-refractivity contribution is 5.66. The summed E-state index contributed by atoms with van der Waals surface area (Å²) >= 11 is 0. The van der Waals surface area contributed by atoms with E-state index in [0.717, 1.165) is 22.9 Å². The van der Waals surface area contributed by atoms with Gasteiger partial charge in [-0.1, -0.05) is 0 Å². The lowest BCUT2D eigenvalue weighted by atomic mass is 10.3. The first kappa shape index (κ1) is 12.5. The molecule has 4 heteroatoms.